The first kappa shape index (κ1) is 17.0. The molecule has 0 unspecified atom stereocenters. The second-order valence-corrected chi connectivity index (χ2v) is 5.94. The quantitative estimate of drug-likeness (QED) is 0.676. The summed E-state index contributed by atoms with van der Waals surface area (Å²) in [5, 5.41) is 0. The van der Waals surface area contributed by atoms with E-state index in [0.29, 0.717) is 49.7 Å². The highest BCUT2D eigenvalue weighted by atomic mass is 16.5. The van der Waals surface area contributed by atoms with Crippen molar-refractivity contribution in [2.45, 2.75) is 19.8 Å². The maximum absolute atomic E-state index is 12.6. The fourth-order valence-corrected chi connectivity index (χ4v) is 2.93. The lowest BCUT2D eigenvalue weighted by molar-refractivity contribution is -0.149. The summed E-state index contributed by atoms with van der Waals surface area (Å²) in [5.74, 6) is -0.200. The minimum absolute atomic E-state index is 0.138. The molecule has 0 atom stereocenters. The van der Waals surface area contributed by atoms with Crippen LogP contribution in [0, 0.1) is 5.92 Å². The van der Waals surface area contributed by atoms with Crippen molar-refractivity contribution < 1.29 is 18.7 Å². The highest BCUT2D eigenvalue weighted by Crippen LogP contribution is 2.26. The fraction of sp³-hybridized carbons (Fsp3) is 0.389. The van der Waals surface area contributed by atoms with E-state index in [1.165, 1.54) is 6.26 Å². The van der Waals surface area contributed by atoms with Gasteiger partial charge in [0, 0.05) is 18.8 Å². The summed E-state index contributed by atoms with van der Waals surface area (Å²) in [7, 11) is 0. The van der Waals surface area contributed by atoms with Gasteiger partial charge < -0.3 is 19.8 Å². The minimum Gasteiger partial charge on any atom is -0.466 e. The van der Waals surface area contributed by atoms with Gasteiger partial charge in [0.2, 0.25) is 5.89 Å². The number of carbonyl (C=O) groups is 2. The average molecular weight is 343 g/mol. The van der Waals surface area contributed by atoms with E-state index in [4.69, 9.17) is 14.9 Å². The van der Waals surface area contributed by atoms with Crippen LogP contribution in [-0.2, 0) is 9.53 Å². The Balaban J connectivity index is 1.65. The first-order valence-corrected chi connectivity index (χ1v) is 8.36. The number of anilines is 1. The predicted octanol–water partition coefficient (Wildman–Crippen LogP) is 2.34. The van der Waals surface area contributed by atoms with Gasteiger partial charge in [-0.05, 0) is 31.9 Å². The van der Waals surface area contributed by atoms with Gasteiger partial charge >= 0.3 is 5.97 Å². The SMILES string of the molecule is CCOC(=O)C1CCN(C(=O)c2coc(-c3ccccc3N)n2)CC1. The first-order valence-electron chi connectivity index (χ1n) is 8.36. The maximum atomic E-state index is 12.6. The zero-order valence-electron chi connectivity index (χ0n) is 14.1. The van der Waals surface area contributed by atoms with Gasteiger partial charge in [-0.2, -0.15) is 0 Å². The average Bonchev–Trinajstić information content (AvgIpc) is 3.11. The molecule has 0 aliphatic carbocycles. The number of ether oxygens (including phenoxy) is 1. The van der Waals surface area contributed by atoms with Crippen molar-refractivity contribution in [3.8, 4) is 11.5 Å². The number of rotatable bonds is 4. The van der Waals surface area contributed by atoms with Gasteiger partial charge in [-0.1, -0.05) is 12.1 Å². The smallest absolute Gasteiger partial charge is 0.309 e. The number of aromatic nitrogens is 1. The van der Waals surface area contributed by atoms with Gasteiger partial charge in [0.1, 0.15) is 6.26 Å². The zero-order valence-corrected chi connectivity index (χ0v) is 14.1. The lowest BCUT2D eigenvalue weighted by Gasteiger charge is -2.30. The van der Waals surface area contributed by atoms with Crippen LogP contribution in [0.15, 0.2) is 34.9 Å². The monoisotopic (exact) mass is 343 g/mol. The molecule has 3 rings (SSSR count). The third-order valence-electron chi connectivity index (χ3n) is 4.32. The number of piperidine rings is 1. The predicted molar refractivity (Wildman–Crippen MR) is 91.6 cm³/mol. The molecule has 132 valence electrons. The van der Waals surface area contributed by atoms with Crippen LogP contribution in [0.3, 0.4) is 0 Å². The van der Waals surface area contributed by atoms with E-state index in [0.717, 1.165) is 0 Å². The molecule has 7 nitrogen and oxygen atoms in total. The van der Waals surface area contributed by atoms with Gasteiger partial charge in [0.15, 0.2) is 5.69 Å². The Hall–Kier alpha value is -2.83. The number of esters is 1. The normalized spacial score (nSPS) is 15.2. The standard InChI is InChI=1S/C18H21N3O4/c1-2-24-18(23)12-7-9-21(10-8-12)17(22)15-11-25-16(20-15)13-5-3-4-6-14(13)19/h3-6,11-12H,2,7-10,19H2,1H3. The van der Waals surface area contributed by atoms with Gasteiger partial charge in [0.25, 0.3) is 5.91 Å². The number of oxazole rings is 1. The number of nitrogens with two attached hydrogens (primary N) is 1. The highest BCUT2D eigenvalue weighted by molar-refractivity contribution is 5.93. The molecule has 2 N–H and O–H groups in total. The molecule has 2 aromatic rings. The van der Waals surface area contributed by atoms with Crippen molar-refractivity contribution in [2.24, 2.45) is 5.92 Å². The van der Waals surface area contributed by atoms with Gasteiger partial charge in [-0.25, -0.2) is 4.98 Å². The lowest BCUT2D eigenvalue weighted by Crippen LogP contribution is -2.40. The Morgan fingerprint density at radius 1 is 1.32 bits per heavy atom. The number of amides is 1. The summed E-state index contributed by atoms with van der Waals surface area (Å²) in [5.41, 5.74) is 7.35. The number of hydrogen-bond donors (Lipinski definition) is 1. The van der Waals surface area contributed by atoms with E-state index >= 15 is 0 Å². The van der Waals surface area contributed by atoms with Crippen LogP contribution in [0.1, 0.15) is 30.3 Å². The second-order valence-electron chi connectivity index (χ2n) is 5.94. The zero-order chi connectivity index (χ0) is 17.8. The summed E-state index contributed by atoms with van der Waals surface area (Å²) in [4.78, 5) is 30.3. The summed E-state index contributed by atoms with van der Waals surface area (Å²) in [6, 6.07) is 7.19. The van der Waals surface area contributed by atoms with Crippen molar-refractivity contribution in [2.75, 3.05) is 25.4 Å². The minimum atomic E-state index is -0.202. The number of nitrogens with zero attached hydrogens (tertiary/aromatic N) is 2. The Kier molecular flexibility index (Phi) is 5.02. The van der Waals surface area contributed by atoms with Crippen molar-refractivity contribution in [1.29, 1.82) is 0 Å². The van der Waals surface area contributed by atoms with Crippen LogP contribution in [-0.4, -0.2) is 41.5 Å². The van der Waals surface area contributed by atoms with Crippen molar-refractivity contribution in [3.05, 3.63) is 36.2 Å². The van der Waals surface area contributed by atoms with Crippen LogP contribution < -0.4 is 5.73 Å². The molecule has 1 aromatic heterocycles. The summed E-state index contributed by atoms with van der Waals surface area (Å²) in [6.07, 6.45) is 2.55. The molecule has 0 saturated carbocycles. The van der Waals surface area contributed by atoms with E-state index in [9.17, 15) is 9.59 Å². The van der Waals surface area contributed by atoms with E-state index < -0.39 is 0 Å². The molecule has 1 aromatic carbocycles. The van der Waals surface area contributed by atoms with Crippen LogP contribution in [0.25, 0.3) is 11.5 Å². The van der Waals surface area contributed by atoms with Crippen molar-refractivity contribution in [1.82, 2.24) is 9.88 Å². The molecular formula is C18H21N3O4. The molecule has 0 spiro atoms. The number of nitrogen functional groups attached to an aromatic ring is 1. The van der Waals surface area contributed by atoms with E-state index in [2.05, 4.69) is 4.98 Å². The Morgan fingerprint density at radius 3 is 2.72 bits per heavy atom. The number of likely N-dealkylation sites (tertiary alicyclic amines) is 1. The molecule has 2 heterocycles. The number of para-hydroxylation sites is 1. The van der Waals surface area contributed by atoms with Crippen LogP contribution in [0.5, 0.6) is 0 Å². The van der Waals surface area contributed by atoms with Crippen molar-refractivity contribution in [3.63, 3.8) is 0 Å². The van der Waals surface area contributed by atoms with Gasteiger partial charge in [-0.3, -0.25) is 9.59 Å². The molecule has 25 heavy (non-hydrogen) atoms. The van der Waals surface area contributed by atoms with E-state index in [1.54, 1.807) is 24.0 Å². The highest BCUT2D eigenvalue weighted by Gasteiger charge is 2.29. The number of carbonyl (C=O) groups excluding carboxylic acids is 2. The molecule has 1 amide bonds. The third kappa shape index (κ3) is 3.65. The van der Waals surface area contributed by atoms with E-state index in [1.807, 2.05) is 12.1 Å². The second kappa shape index (κ2) is 7.38. The van der Waals surface area contributed by atoms with Crippen LogP contribution >= 0.6 is 0 Å². The molecule has 1 aliphatic rings. The molecule has 0 bridgehead atoms. The summed E-state index contributed by atoms with van der Waals surface area (Å²) < 4.78 is 10.5. The first-order chi connectivity index (χ1) is 12.1. The molecule has 1 saturated heterocycles. The Bertz CT molecular complexity index is 763. The molecular weight excluding hydrogens is 322 g/mol. The fourth-order valence-electron chi connectivity index (χ4n) is 2.93. The Labute approximate surface area is 145 Å². The molecule has 7 heteroatoms. The summed E-state index contributed by atoms with van der Waals surface area (Å²) >= 11 is 0. The van der Waals surface area contributed by atoms with Crippen molar-refractivity contribution >= 4 is 17.6 Å². The molecule has 1 aliphatic heterocycles. The largest absolute Gasteiger partial charge is 0.466 e. The van der Waals surface area contributed by atoms with E-state index in [-0.39, 0.29) is 23.5 Å². The number of hydrogen-bond acceptors (Lipinski definition) is 6. The Morgan fingerprint density at radius 2 is 2.04 bits per heavy atom. The van der Waals surface area contributed by atoms with Gasteiger partial charge in [-0.15, -0.1) is 0 Å². The number of benzene rings is 1. The molecule has 0 radical (unpaired) electrons. The lowest BCUT2D eigenvalue weighted by atomic mass is 9.97. The van der Waals surface area contributed by atoms with Crippen LogP contribution in [0.4, 0.5) is 5.69 Å². The molecule has 1 fully saturated rings. The van der Waals surface area contributed by atoms with Gasteiger partial charge in [0.05, 0.1) is 18.1 Å². The van der Waals surface area contributed by atoms with Crippen LogP contribution in [0.2, 0.25) is 0 Å². The summed E-state index contributed by atoms with van der Waals surface area (Å²) in [6.45, 7) is 3.16. The maximum Gasteiger partial charge on any atom is 0.309 e. The third-order valence-corrected chi connectivity index (χ3v) is 4.32. The topological polar surface area (TPSA) is 98.7 Å².